The SMILES string of the molecule is FC(C1OCCO1)C(F)(F)F. The predicted octanol–water partition coefficient (Wildman–Crippen LogP) is 1.26. The molecule has 1 fully saturated rings. The minimum Gasteiger partial charge on any atom is -0.347 e. The highest BCUT2D eigenvalue weighted by molar-refractivity contribution is 4.72. The van der Waals surface area contributed by atoms with E-state index in [0.717, 1.165) is 0 Å². The van der Waals surface area contributed by atoms with E-state index < -0.39 is 18.6 Å². The maximum Gasteiger partial charge on any atom is 0.424 e. The van der Waals surface area contributed by atoms with Crippen molar-refractivity contribution >= 4 is 0 Å². The highest BCUT2D eigenvalue weighted by Crippen LogP contribution is 2.28. The van der Waals surface area contributed by atoms with Gasteiger partial charge >= 0.3 is 6.18 Å². The van der Waals surface area contributed by atoms with Gasteiger partial charge in [-0.3, -0.25) is 0 Å². The Morgan fingerprint density at radius 1 is 1.18 bits per heavy atom. The number of halogens is 4. The Bertz CT molecular complexity index is 129. The van der Waals surface area contributed by atoms with E-state index in [9.17, 15) is 17.6 Å². The van der Waals surface area contributed by atoms with Gasteiger partial charge in [0.2, 0.25) is 6.17 Å². The average molecular weight is 174 g/mol. The molecule has 1 atom stereocenters. The fraction of sp³-hybridized carbons (Fsp3) is 1.00. The molecule has 0 aliphatic carbocycles. The van der Waals surface area contributed by atoms with E-state index in [-0.39, 0.29) is 13.2 Å². The first-order chi connectivity index (χ1) is 5.02. The quantitative estimate of drug-likeness (QED) is 0.557. The second-order valence-corrected chi connectivity index (χ2v) is 2.05. The molecule has 0 spiro atoms. The largest absolute Gasteiger partial charge is 0.424 e. The van der Waals surface area contributed by atoms with Gasteiger partial charge < -0.3 is 9.47 Å². The Hall–Kier alpha value is -0.360. The first kappa shape index (κ1) is 8.73. The van der Waals surface area contributed by atoms with Gasteiger partial charge in [0, 0.05) is 0 Å². The Kier molecular flexibility index (Phi) is 2.34. The van der Waals surface area contributed by atoms with Gasteiger partial charge in [0.05, 0.1) is 13.2 Å². The van der Waals surface area contributed by atoms with Gasteiger partial charge in [-0.05, 0) is 0 Å². The minimum absolute atomic E-state index is 0.0150. The maximum atomic E-state index is 12.2. The molecule has 0 saturated carbocycles. The second-order valence-electron chi connectivity index (χ2n) is 2.05. The van der Waals surface area contributed by atoms with E-state index >= 15 is 0 Å². The molecule has 6 heteroatoms. The molecule has 1 saturated heterocycles. The normalized spacial score (nSPS) is 24.0. The molecule has 1 unspecified atom stereocenters. The summed E-state index contributed by atoms with van der Waals surface area (Å²) in [6.45, 7) is 0.0301. The van der Waals surface area contributed by atoms with Gasteiger partial charge in [0.1, 0.15) is 0 Å². The van der Waals surface area contributed by atoms with Crippen molar-refractivity contribution in [2.45, 2.75) is 18.6 Å². The number of hydrogen-bond donors (Lipinski definition) is 0. The summed E-state index contributed by atoms with van der Waals surface area (Å²) in [7, 11) is 0. The summed E-state index contributed by atoms with van der Waals surface area (Å²) in [4.78, 5) is 0. The molecule has 11 heavy (non-hydrogen) atoms. The van der Waals surface area contributed by atoms with Crippen LogP contribution in [0, 0.1) is 0 Å². The van der Waals surface area contributed by atoms with Crippen LogP contribution in [0.2, 0.25) is 0 Å². The van der Waals surface area contributed by atoms with E-state index in [1.807, 2.05) is 0 Å². The summed E-state index contributed by atoms with van der Waals surface area (Å²) in [5, 5.41) is 0. The highest BCUT2D eigenvalue weighted by atomic mass is 19.4. The monoisotopic (exact) mass is 174 g/mol. The van der Waals surface area contributed by atoms with Crippen molar-refractivity contribution < 1.29 is 27.0 Å². The van der Waals surface area contributed by atoms with Crippen molar-refractivity contribution in [1.29, 1.82) is 0 Å². The lowest BCUT2D eigenvalue weighted by molar-refractivity contribution is -0.240. The summed E-state index contributed by atoms with van der Waals surface area (Å²) in [5.41, 5.74) is 0. The van der Waals surface area contributed by atoms with Crippen LogP contribution in [0.5, 0.6) is 0 Å². The van der Waals surface area contributed by atoms with E-state index in [2.05, 4.69) is 9.47 Å². The Morgan fingerprint density at radius 2 is 1.64 bits per heavy atom. The first-order valence-corrected chi connectivity index (χ1v) is 2.96. The molecule has 1 aliphatic heterocycles. The molecule has 66 valence electrons. The van der Waals surface area contributed by atoms with Gasteiger partial charge in [-0.1, -0.05) is 0 Å². The number of alkyl halides is 4. The van der Waals surface area contributed by atoms with Crippen LogP contribution in [0.3, 0.4) is 0 Å². The Morgan fingerprint density at radius 3 is 2.00 bits per heavy atom. The smallest absolute Gasteiger partial charge is 0.347 e. The van der Waals surface area contributed by atoms with Gasteiger partial charge in [0.25, 0.3) is 0 Å². The summed E-state index contributed by atoms with van der Waals surface area (Å²) in [5.74, 6) is 0. The fourth-order valence-corrected chi connectivity index (χ4v) is 0.700. The summed E-state index contributed by atoms with van der Waals surface area (Å²) < 4.78 is 55.6. The number of hydrogen-bond acceptors (Lipinski definition) is 2. The summed E-state index contributed by atoms with van der Waals surface area (Å²) in [6.07, 6.45) is -9.70. The van der Waals surface area contributed by atoms with Crippen LogP contribution in [-0.2, 0) is 9.47 Å². The van der Waals surface area contributed by atoms with Crippen LogP contribution < -0.4 is 0 Å². The van der Waals surface area contributed by atoms with E-state index in [4.69, 9.17) is 0 Å². The average Bonchev–Trinajstić information content (AvgIpc) is 2.34. The third-order valence-electron chi connectivity index (χ3n) is 1.20. The van der Waals surface area contributed by atoms with Crippen molar-refractivity contribution in [2.24, 2.45) is 0 Å². The van der Waals surface area contributed by atoms with Gasteiger partial charge in [0.15, 0.2) is 6.29 Å². The molecule has 0 aromatic rings. The standard InChI is InChI=1S/C5H6F4O2/c6-3(5(7,8)9)4-10-1-2-11-4/h3-4H,1-2H2. The first-order valence-electron chi connectivity index (χ1n) is 2.96. The molecule has 1 heterocycles. The third-order valence-corrected chi connectivity index (χ3v) is 1.20. The molecule has 1 rings (SSSR count). The maximum absolute atomic E-state index is 12.2. The minimum atomic E-state index is -4.89. The molecular formula is C5H6F4O2. The van der Waals surface area contributed by atoms with Crippen LogP contribution in [-0.4, -0.2) is 31.9 Å². The van der Waals surface area contributed by atoms with E-state index in [1.165, 1.54) is 0 Å². The number of rotatable bonds is 1. The molecule has 0 aromatic heterocycles. The summed E-state index contributed by atoms with van der Waals surface area (Å²) >= 11 is 0. The molecule has 0 aromatic carbocycles. The van der Waals surface area contributed by atoms with Crippen LogP contribution >= 0.6 is 0 Å². The third kappa shape index (κ3) is 2.03. The number of ether oxygens (including phenoxy) is 2. The topological polar surface area (TPSA) is 18.5 Å². The molecule has 0 radical (unpaired) electrons. The Labute approximate surface area is 60.1 Å². The van der Waals surface area contributed by atoms with Crippen molar-refractivity contribution in [3.05, 3.63) is 0 Å². The van der Waals surface area contributed by atoms with Gasteiger partial charge in [-0.25, -0.2) is 4.39 Å². The van der Waals surface area contributed by atoms with Crippen molar-refractivity contribution in [1.82, 2.24) is 0 Å². The van der Waals surface area contributed by atoms with Crippen molar-refractivity contribution in [2.75, 3.05) is 13.2 Å². The van der Waals surface area contributed by atoms with Crippen LogP contribution in [0.25, 0.3) is 0 Å². The van der Waals surface area contributed by atoms with Crippen molar-refractivity contribution in [3.63, 3.8) is 0 Å². The molecule has 2 nitrogen and oxygen atoms in total. The predicted molar refractivity (Wildman–Crippen MR) is 26.6 cm³/mol. The van der Waals surface area contributed by atoms with Gasteiger partial charge in [-0.15, -0.1) is 0 Å². The second kappa shape index (κ2) is 2.94. The molecule has 1 aliphatic rings. The zero-order chi connectivity index (χ0) is 8.48. The van der Waals surface area contributed by atoms with Crippen molar-refractivity contribution in [3.8, 4) is 0 Å². The van der Waals surface area contributed by atoms with Crippen LogP contribution in [0.1, 0.15) is 0 Å². The van der Waals surface area contributed by atoms with Gasteiger partial charge in [-0.2, -0.15) is 13.2 Å². The highest BCUT2D eigenvalue weighted by Gasteiger charge is 2.48. The van der Waals surface area contributed by atoms with E-state index in [0.29, 0.717) is 0 Å². The molecule has 0 N–H and O–H groups in total. The van der Waals surface area contributed by atoms with Crippen LogP contribution in [0.4, 0.5) is 17.6 Å². The zero-order valence-electron chi connectivity index (χ0n) is 5.40. The molecule has 0 bridgehead atoms. The fourth-order valence-electron chi connectivity index (χ4n) is 0.700. The zero-order valence-corrected chi connectivity index (χ0v) is 5.40. The molecule has 0 amide bonds. The molecular weight excluding hydrogens is 168 g/mol. The Balaban J connectivity index is 2.46. The lowest BCUT2D eigenvalue weighted by atomic mass is 10.4. The lowest BCUT2D eigenvalue weighted by Crippen LogP contribution is -2.36. The summed E-state index contributed by atoms with van der Waals surface area (Å²) in [6, 6.07) is 0. The van der Waals surface area contributed by atoms with E-state index in [1.54, 1.807) is 0 Å². The lowest BCUT2D eigenvalue weighted by Gasteiger charge is -2.16. The van der Waals surface area contributed by atoms with Crippen LogP contribution in [0.15, 0.2) is 0 Å².